The Morgan fingerprint density at radius 3 is 2.69 bits per heavy atom. The van der Waals surface area contributed by atoms with Gasteiger partial charge >= 0.3 is 0 Å². The van der Waals surface area contributed by atoms with Crippen molar-refractivity contribution in [3.63, 3.8) is 0 Å². The van der Waals surface area contributed by atoms with Crippen molar-refractivity contribution in [2.24, 2.45) is 0 Å². The molecule has 0 bridgehead atoms. The summed E-state index contributed by atoms with van der Waals surface area (Å²) < 4.78 is 12.9. The van der Waals surface area contributed by atoms with Gasteiger partial charge in [0.1, 0.15) is 5.82 Å². The maximum Gasteiger partial charge on any atom is 0.123 e. The first kappa shape index (κ1) is 8.30. The number of rotatable bonds is 2. The van der Waals surface area contributed by atoms with E-state index in [1.165, 1.54) is 11.6 Å². The lowest BCUT2D eigenvalue weighted by atomic mass is 10.1. The second kappa shape index (κ2) is 3.21. The van der Waals surface area contributed by atoms with Gasteiger partial charge < -0.3 is 5.32 Å². The van der Waals surface area contributed by atoms with E-state index in [2.05, 4.69) is 5.32 Å². The Balaban J connectivity index is 2.39. The zero-order valence-electron chi connectivity index (χ0n) is 7.60. The molecule has 0 atom stereocenters. The summed E-state index contributed by atoms with van der Waals surface area (Å²) in [5.74, 6) is -0.175. The minimum Gasteiger partial charge on any atom is -0.388 e. The van der Waals surface area contributed by atoms with Crippen LogP contribution in [0.5, 0.6) is 0 Å². The van der Waals surface area contributed by atoms with Gasteiger partial charge in [-0.15, -0.1) is 0 Å². The van der Waals surface area contributed by atoms with E-state index in [1.54, 1.807) is 12.1 Å². The molecule has 1 nitrogen and oxygen atoms in total. The van der Waals surface area contributed by atoms with Gasteiger partial charge in [-0.1, -0.05) is 12.1 Å². The summed E-state index contributed by atoms with van der Waals surface area (Å²) in [7, 11) is 1.88. The summed E-state index contributed by atoms with van der Waals surface area (Å²) in [5, 5.41) is 3.12. The first-order valence-electron chi connectivity index (χ1n) is 4.47. The van der Waals surface area contributed by atoms with Crippen molar-refractivity contribution in [2.75, 3.05) is 7.05 Å². The molecule has 2 heteroatoms. The number of hydrogen-bond acceptors (Lipinski definition) is 1. The van der Waals surface area contributed by atoms with Crippen LogP contribution in [-0.4, -0.2) is 7.05 Å². The van der Waals surface area contributed by atoms with Crippen LogP contribution in [0.3, 0.4) is 0 Å². The lowest BCUT2D eigenvalue weighted by Gasteiger charge is -2.06. The number of allylic oxidation sites excluding steroid dienone is 1. The molecule has 0 aliphatic heterocycles. The van der Waals surface area contributed by atoms with E-state index >= 15 is 0 Å². The van der Waals surface area contributed by atoms with Gasteiger partial charge in [0.25, 0.3) is 0 Å². The van der Waals surface area contributed by atoms with Crippen LogP contribution in [0.1, 0.15) is 18.4 Å². The number of halogens is 1. The van der Waals surface area contributed by atoms with Crippen LogP contribution in [0.15, 0.2) is 29.8 Å². The van der Waals surface area contributed by atoms with Crippen LogP contribution >= 0.6 is 0 Å². The van der Waals surface area contributed by atoms with Crippen LogP contribution in [0.2, 0.25) is 0 Å². The van der Waals surface area contributed by atoms with Crippen LogP contribution in [0.4, 0.5) is 4.39 Å². The van der Waals surface area contributed by atoms with Gasteiger partial charge in [0.05, 0.1) is 0 Å². The largest absolute Gasteiger partial charge is 0.388 e. The highest BCUT2D eigenvalue weighted by atomic mass is 19.1. The smallest absolute Gasteiger partial charge is 0.123 e. The second-order valence-electron chi connectivity index (χ2n) is 3.24. The summed E-state index contributed by atoms with van der Waals surface area (Å²) in [6.45, 7) is 0. The van der Waals surface area contributed by atoms with Crippen molar-refractivity contribution in [3.8, 4) is 0 Å². The van der Waals surface area contributed by atoms with E-state index < -0.39 is 0 Å². The fraction of sp³-hybridized carbons (Fsp3) is 0.273. The van der Waals surface area contributed by atoms with Gasteiger partial charge in [-0.25, -0.2) is 4.39 Å². The van der Waals surface area contributed by atoms with Crippen LogP contribution < -0.4 is 5.32 Å². The van der Waals surface area contributed by atoms with Crippen LogP contribution in [-0.2, 0) is 0 Å². The Morgan fingerprint density at radius 2 is 2.15 bits per heavy atom. The zero-order valence-corrected chi connectivity index (χ0v) is 7.60. The third kappa shape index (κ3) is 1.72. The van der Waals surface area contributed by atoms with E-state index in [9.17, 15) is 4.39 Å². The minimum atomic E-state index is -0.175. The van der Waals surface area contributed by atoms with Gasteiger partial charge in [-0.05, 0) is 30.5 Å². The number of hydrogen-bond donors (Lipinski definition) is 1. The molecule has 0 aromatic heterocycles. The average Bonchev–Trinajstić information content (AvgIpc) is 2.90. The van der Waals surface area contributed by atoms with Gasteiger partial charge in [0, 0.05) is 18.3 Å². The highest BCUT2D eigenvalue weighted by molar-refractivity contribution is 5.69. The molecule has 0 heterocycles. The zero-order chi connectivity index (χ0) is 9.26. The third-order valence-electron chi connectivity index (χ3n) is 2.22. The molecule has 1 aliphatic rings. The molecule has 1 fully saturated rings. The standard InChI is InChI=1S/C11H12FN/c1-13-11(8-5-6-8)9-3-2-4-10(12)7-9/h2-4,7,13H,5-6H2,1H3. The number of nitrogens with one attached hydrogen (secondary N) is 1. The first-order chi connectivity index (χ1) is 6.31. The van der Waals surface area contributed by atoms with E-state index in [1.807, 2.05) is 13.1 Å². The molecule has 0 saturated heterocycles. The van der Waals surface area contributed by atoms with Crippen molar-refractivity contribution >= 4 is 5.70 Å². The molecule has 13 heavy (non-hydrogen) atoms. The SMILES string of the molecule is CNC(=C1CC1)c1cccc(F)c1. The Kier molecular flexibility index (Phi) is 2.05. The monoisotopic (exact) mass is 177 g/mol. The molecule has 1 aromatic carbocycles. The van der Waals surface area contributed by atoms with Gasteiger partial charge in [0.15, 0.2) is 0 Å². The van der Waals surface area contributed by atoms with Crippen molar-refractivity contribution in [1.29, 1.82) is 0 Å². The van der Waals surface area contributed by atoms with Gasteiger partial charge in [0.2, 0.25) is 0 Å². The molecule has 0 radical (unpaired) electrons. The highest BCUT2D eigenvalue weighted by Crippen LogP contribution is 2.34. The summed E-state index contributed by atoms with van der Waals surface area (Å²) in [6.07, 6.45) is 2.29. The summed E-state index contributed by atoms with van der Waals surface area (Å²) >= 11 is 0. The molecule has 1 saturated carbocycles. The summed E-state index contributed by atoms with van der Waals surface area (Å²) in [6, 6.07) is 6.71. The van der Waals surface area contributed by atoms with E-state index in [-0.39, 0.29) is 5.82 Å². The van der Waals surface area contributed by atoms with Gasteiger partial charge in [-0.3, -0.25) is 0 Å². The third-order valence-corrected chi connectivity index (χ3v) is 2.22. The summed E-state index contributed by atoms with van der Waals surface area (Å²) in [4.78, 5) is 0. The predicted octanol–water partition coefficient (Wildman–Crippen LogP) is 2.55. The molecule has 0 spiro atoms. The Hall–Kier alpha value is -1.31. The fourth-order valence-electron chi connectivity index (χ4n) is 1.48. The Labute approximate surface area is 77.3 Å². The lowest BCUT2D eigenvalue weighted by Crippen LogP contribution is -2.04. The molecular formula is C11H12FN. The van der Waals surface area contributed by atoms with Crippen molar-refractivity contribution in [1.82, 2.24) is 5.32 Å². The van der Waals surface area contributed by atoms with Crippen LogP contribution in [0, 0.1) is 5.82 Å². The van der Waals surface area contributed by atoms with Gasteiger partial charge in [-0.2, -0.15) is 0 Å². The summed E-state index contributed by atoms with van der Waals surface area (Å²) in [5.41, 5.74) is 3.45. The minimum absolute atomic E-state index is 0.175. The first-order valence-corrected chi connectivity index (χ1v) is 4.47. The van der Waals surface area contributed by atoms with E-state index in [0.717, 1.165) is 24.1 Å². The molecule has 1 N–H and O–H groups in total. The lowest BCUT2D eigenvalue weighted by molar-refractivity contribution is 0.627. The second-order valence-corrected chi connectivity index (χ2v) is 3.24. The highest BCUT2D eigenvalue weighted by Gasteiger charge is 2.17. The molecule has 68 valence electrons. The van der Waals surface area contributed by atoms with E-state index in [0.29, 0.717) is 0 Å². The average molecular weight is 177 g/mol. The maximum absolute atomic E-state index is 12.9. The predicted molar refractivity (Wildman–Crippen MR) is 51.6 cm³/mol. The molecule has 2 rings (SSSR count). The molecule has 0 unspecified atom stereocenters. The molecule has 1 aliphatic carbocycles. The van der Waals surface area contributed by atoms with E-state index in [4.69, 9.17) is 0 Å². The normalized spacial score (nSPS) is 14.2. The van der Waals surface area contributed by atoms with Crippen molar-refractivity contribution < 1.29 is 4.39 Å². The maximum atomic E-state index is 12.9. The molecule has 1 aromatic rings. The Bertz CT molecular complexity index is 349. The quantitative estimate of drug-likeness (QED) is 0.732. The topological polar surface area (TPSA) is 12.0 Å². The van der Waals surface area contributed by atoms with Crippen molar-refractivity contribution in [2.45, 2.75) is 12.8 Å². The number of benzene rings is 1. The fourth-order valence-corrected chi connectivity index (χ4v) is 1.48. The molecular weight excluding hydrogens is 165 g/mol. The Morgan fingerprint density at radius 1 is 1.38 bits per heavy atom. The van der Waals surface area contributed by atoms with Crippen LogP contribution in [0.25, 0.3) is 5.70 Å². The van der Waals surface area contributed by atoms with Crippen molar-refractivity contribution in [3.05, 3.63) is 41.2 Å². The molecule has 0 amide bonds.